The van der Waals surface area contributed by atoms with Gasteiger partial charge in [0.25, 0.3) is 11.8 Å². The number of nitrogens with one attached hydrogen (secondary N) is 3. The van der Waals surface area contributed by atoms with Gasteiger partial charge < -0.3 is 20.9 Å². The van der Waals surface area contributed by atoms with Crippen molar-refractivity contribution in [2.75, 3.05) is 31.6 Å². The van der Waals surface area contributed by atoms with Crippen LogP contribution in [0.4, 0.5) is 0 Å². The minimum atomic E-state index is -3.40. The summed E-state index contributed by atoms with van der Waals surface area (Å²) in [6, 6.07) is 8.47. The van der Waals surface area contributed by atoms with E-state index < -0.39 is 45.5 Å². The highest BCUT2D eigenvalue weighted by molar-refractivity contribution is 7.90. The number of sulfone groups is 1. The molecule has 44 heavy (non-hydrogen) atoms. The molecule has 0 unspecified atom stereocenters. The molecule has 0 saturated carbocycles. The lowest BCUT2D eigenvalue weighted by Crippen LogP contribution is -2.43. The summed E-state index contributed by atoms with van der Waals surface area (Å²) >= 11 is 2.52. The third-order valence-corrected chi connectivity index (χ3v) is 9.74. The Kier molecular flexibility index (Phi) is 11.2. The number of rotatable bonds is 6. The van der Waals surface area contributed by atoms with E-state index in [-0.39, 0.29) is 49.1 Å². The summed E-state index contributed by atoms with van der Waals surface area (Å²) < 4.78 is 23.4. The van der Waals surface area contributed by atoms with E-state index in [4.69, 9.17) is 0 Å². The Balaban J connectivity index is 1.65. The van der Waals surface area contributed by atoms with Crippen molar-refractivity contribution < 1.29 is 27.6 Å². The Morgan fingerprint density at radius 1 is 1.00 bits per heavy atom. The smallest absolute Gasteiger partial charge is 0.271 e. The lowest BCUT2D eigenvalue weighted by atomic mass is 10.0. The maximum absolute atomic E-state index is 13.4. The number of carbonyl (C=O) groups excluding carboxylic acids is 4. The number of fused-ring (bicyclic) bond motifs is 4. The first-order valence-corrected chi connectivity index (χ1v) is 18.0. The molecule has 0 saturated heterocycles. The zero-order valence-electron chi connectivity index (χ0n) is 24.7. The molecule has 0 radical (unpaired) electrons. The molecule has 0 spiro atoms. The topological polar surface area (TPSA) is 168 Å². The van der Waals surface area contributed by atoms with Crippen LogP contribution in [0.25, 0.3) is 0 Å². The molecule has 3 N–H and O–H groups in total. The van der Waals surface area contributed by atoms with Crippen molar-refractivity contribution >= 4 is 56.1 Å². The van der Waals surface area contributed by atoms with Gasteiger partial charge >= 0.3 is 0 Å². The summed E-state index contributed by atoms with van der Waals surface area (Å²) in [5.74, 6) is -2.12. The van der Waals surface area contributed by atoms with Gasteiger partial charge in [-0.25, -0.2) is 18.4 Å². The average molecular weight is 661 g/mol. The molecule has 1 aromatic carbocycles. The largest absolute Gasteiger partial charge is 0.351 e. The van der Waals surface area contributed by atoms with Gasteiger partial charge in [0.2, 0.25) is 11.8 Å². The fourth-order valence-corrected chi connectivity index (χ4v) is 6.98. The number of benzene rings is 1. The Labute approximate surface area is 264 Å². The third kappa shape index (κ3) is 9.40. The average Bonchev–Trinajstić information content (AvgIpc) is 3.66. The van der Waals surface area contributed by atoms with Crippen molar-refractivity contribution in [3.8, 4) is 0 Å². The molecule has 3 heterocycles. The second-order valence-corrected chi connectivity index (χ2v) is 15.0. The maximum Gasteiger partial charge on any atom is 0.271 e. The fraction of sp³-hybridized carbons (Fsp3) is 0.448. The van der Waals surface area contributed by atoms with Crippen molar-refractivity contribution in [1.82, 2.24) is 30.8 Å². The van der Waals surface area contributed by atoms with Crippen molar-refractivity contribution in [3.05, 3.63) is 68.1 Å². The number of nitrogens with zero attached hydrogens (tertiary/aromatic N) is 3. The fourth-order valence-electron chi connectivity index (χ4n) is 4.56. The molecular weight excluding hydrogens is 625 g/mol. The zero-order chi connectivity index (χ0) is 31.9. The van der Waals surface area contributed by atoms with Crippen molar-refractivity contribution in [1.29, 1.82) is 0 Å². The molecule has 2 atom stereocenters. The van der Waals surface area contributed by atoms with Gasteiger partial charge in [-0.1, -0.05) is 44.2 Å². The molecule has 1 aliphatic rings. The summed E-state index contributed by atoms with van der Waals surface area (Å²) in [6.45, 7) is 3.90. The monoisotopic (exact) mass is 660 g/mol. The highest BCUT2D eigenvalue weighted by atomic mass is 32.2. The summed E-state index contributed by atoms with van der Waals surface area (Å²) in [5.41, 5.74) is 1.34. The first-order valence-electron chi connectivity index (χ1n) is 14.2. The Morgan fingerprint density at radius 3 is 2.34 bits per heavy atom. The predicted molar refractivity (Wildman–Crippen MR) is 168 cm³/mol. The summed E-state index contributed by atoms with van der Waals surface area (Å²) in [6.07, 6.45) is 1.50. The number of thiazole rings is 2. The van der Waals surface area contributed by atoms with Crippen LogP contribution < -0.4 is 16.0 Å². The molecule has 0 fully saturated rings. The molecule has 4 amide bonds. The number of hydrogen-bond acceptors (Lipinski definition) is 10. The van der Waals surface area contributed by atoms with Crippen LogP contribution >= 0.6 is 22.7 Å². The van der Waals surface area contributed by atoms with E-state index in [9.17, 15) is 27.6 Å². The van der Waals surface area contributed by atoms with Gasteiger partial charge in [-0.15, -0.1) is 22.7 Å². The lowest BCUT2D eigenvalue weighted by Gasteiger charge is -2.24. The minimum absolute atomic E-state index is 0.0236. The SMILES string of the molecule is CC(C)[C@@H]1NC(=O)c2csc(n2)[C@H](Cc2ccccc2)NC(=O)CN(C(=O)CCS(C)(=O)=O)CCCNC(=O)c2csc1n2. The van der Waals surface area contributed by atoms with Gasteiger partial charge in [-0.3, -0.25) is 19.2 Å². The van der Waals surface area contributed by atoms with Crippen LogP contribution in [0.1, 0.15) is 75.3 Å². The van der Waals surface area contributed by atoms with Gasteiger partial charge in [0, 0.05) is 36.5 Å². The minimum Gasteiger partial charge on any atom is -0.351 e. The van der Waals surface area contributed by atoms with Gasteiger partial charge in [0.1, 0.15) is 31.2 Å². The molecule has 1 aliphatic heterocycles. The van der Waals surface area contributed by atoms with E-state index in [2.05, 4.69) is 25.9 Å². The van der Waals surface area contributed by atoms with Crippen LogP contribution in [0.2, 0.25) is 0 Å². The van der Waals surface area contributed by atoms with Crippen LogP contribution in [0.3, 0.4) is 0 Å². The molecular formula is C29H36N6O6S3. The van der Waals surface area contributed by atoms with Crippen LogP contribution in [0, 0.1) is 5.92 Å². The Morgan fingerprint density at radius 2 is 1.66 bits per heavy atom. The Bertz CT molecular complexity index is 1590. The molecule has 3 aromatic rings. The normalized spacial score (nSPS) is 18.9. The molecule has 236 valence electrons. The van der Waals surface area contributed by atoms with E-state index in [0.717, 1.165) is 11.8 Å². The van der Waals surface area contributed by atoms with Crippen molar-refractivity contribution in [2.45, 2.75) is 45.2 Å². The maximum atomic E-state index is 13.4. The predicted octanol–water partition coefficient (Wildman–Crippen LogP) is 2.52. The molecule has 2 aromatic heterocycles. The van der Waals surface area contributed by atoms with E-state index in [0.29, 0.717) is 22.9 Å². The second kappa shape index (κ2) is 14.9. The molecule has 4 bridgehead atoms. The van der Waals surface area contributed by atoms with Crippen molar-refractivity contribution in [3.63, 3.8) is 0 Å². The second-order valence-electron chi connectivity index (χ2n) is 11.0. The standard InChI is InChI=1S/C29H36N6O6S3/c1-18(2)25-29-33-21(16-43-29)26(38)30-11-7-12-35(24(37)10-13-44(3,40)41)15-23(36)31-20(14-19-8-5-4-6-9-19)28-32-22(17-42-28)27(39)34-25/h4-6,8-9,16-18,20,25H,7,10-15H2,1-3H3,(H,30,38)(H,31,36)(H,34,39)/t20-,25-/m0/s1. The number of carbonyl (C=O) groups is 4. The van der Waals surface area contributed by atoms with Gasteiger partial charge in [-0.05, 0) is 24.3 Å². The number of amides is 4. The van der Waals surface area contributed by atoms with E-state index >= 15 is 0 Å². The number of hydrogen-bond donors (Lipinski definition) is 3. The highest BCUT2D eigenvalue weighted by Gasteiger charge is 2.27. The summed E-state index contributed by atoms with van der Waals surface area (Å²) in [7, 11) is -3.40. The Hall–Kier alpha value is -3.69. The molecule has 15 heteroatoms. The molecule has 0 aliphatic carbocycles. The first-order chi connectivity index (χ1) is 20.9. The molecule has 4 rings (SSSR count). The summed E-state index contributed by atoms with van der Waals surface area (Å²) in [5, 5.41) is 13.1. The third-order valence-electron chi connectivity index (χ3n) is 6.91. The highest BCUT2D eigenvalue weighted by Crippen LogP contribution is 2.27. The van der Waals surface area contributed by atoms with Crippen LogP contribution in [-0.2, 0) is 25.8 Å². The van der Waals surface area contributed by atoms with Crippen LogP contribution in [-0.4, -0.2) is 78.6 Å². The van der Waals surface area contributed by atoms with Gasteiger partial charge in [-0.2, -0.15) is 0 Å². The van der Waals surface area contributed by atoms with Crippen LogP contribution in [0.15, 0.2) is 41.1 Å². The quantitative estimate of drug-likeness (QED) is 0.363. The lowest BCUT2D eigenvalue weighted by molar-refractivity contribution is -0.136. The summed E-state index contributed by atoms with van der Waals surface area (Å²) in [4.78, 5) is 62.8. The zero-order valence-corrected chi connectivity index (χ0v) is 27.2. The van der Waals surface area contributed by atoms with Gasteiger partial charge in [0.05, 0.1) is 24.4 Å². The van der Waals surface area contributed by atoms with E-state index in [1.807, 2.05) is 44.2 Å². The first kappa shape index (κ1) is 33.2. The molecule has 12 nitrogen and oxygen atoms in total. The van der Waals surface area contributed by atoms with Gasteiger partial charge in [0.15, 0.2) is 0 Å². The van der Waals surface area contributed by atoms with Crippen LogP contribution in [0.5, 0.6) is 0 Å². The van der Waals surface area contributed by atoms with E-state index in [1.54, 1.807) is 10.8 Å². The van der Waals surface area contributed by atoms with E-state index in [1.165, 1.54) is 27.6 Å². The van der Waals surface area contributed by atoms with Crippen molar-refractivity contribution in [2.24, 2.45) is 5.92 Å². The number of aromatic nitrogens is 2.